The highest BCUT2D eigenvalue weighted by molar-refractivity contribution is 5.28. The van der Waals surface area contributed by atoms with Gasteiger partial charge in [0, 0.05) is 19.5 Å². The maximum Gasteiger partial charge on any atom is 0.231 e. The van der Waals surface area contributed by atoms with Crippen LogP contribution >= 0.6 is 0 Å². The van der Waals surface area contributed by atoms with Gasteiger partial charge in [0.15, 0.2) is 5.82 Å². The Labute approximate surface area is 113 Å². The van der Waals surface area contributed by atoms with Gasteiger partial charge in [0.05, 0.1) is 6.42 Å². The summed E-state index contributed by atoms with van der Waals surface area (Å²) >= 11 is 0. The van der Waals surface area contributed by atoms with Crippen molar-refractivity contribution < 1.29 is 4.52 Å². The minimum absolute atomic E-state index is 0.526. The van der Waals surface area contributed by atoms with Gasteiger partial charge in [-0.3, -0.25) is 0 Å². The molecule has 102 valence electrons. The van der Waals surface area contributed by atoms with Crippen LogP contribution in [0.2, 0.25) is 0 Å². The summed E-state index contributed by atoms with van der Waals surface area (Å²) in [6.45, 7) is 1.44. The van der Waals surface area contributed by atoms with Crippen LogP contribution in [0.1, 0.15) is 22.8 Å². The molecule has 2 N–H and O–H groups in total. The van der Waals surface area contributed by atoms with E-state index in [9.17, 15) is 0 Å². The number of nitrogens with two attached hydrogens (primary N) is 1. The van der Waals surface area contributed by atoms with E-state index in [0.717, 1.165) is 29.9 Å². The molecule has 1 aromatic carbocycles. The highest BCUT2D eigenvalue weighted by Gasteiger charge is 2.09. The van der Waals surface area contributed by atoms with Crippen molar-refractivity contribution in [3.63, 3.8) is 0 Å². The zero-order valence-corrected chi connectivity index (χ0v) is 11.5. The van der Waals surface area contributed by atoms with E-state index >= 15 is 0 Å². The summed E-state index contributed by atoms with van der Waals surface area (Å²) in [6, 6.07) is 8.06. The third-order valence-corrected chi connectivity index (χ3v) is 2.97. The third kappa shape index (κ3) is 3.87. The Kier molecular flexibility index (Phi) is 4.65. The zero-order chi connectivity index (χ0) is 13.7. The van der Waals surface area contributed by atoms with Crippen LogP contribution in [0.15, 0.2) is 28.8 Å². The van der Waals surface area contributed by atoms with E-state index in [1.807, 2.05) is 38.4 Å². The van der Waals surface area contributed by atoms with E-state index in [2.05, 4.69) is 15.0 Å². The molecule has 5 nitrogen and oxygen atoms in total. The van der Waals surface area contributed by atoms with Crippen LogP contribution in [0.5, 0.6) is 0 Å². The van der Waals surface area contributed by atoms with Crippen LogP contribution in [-0.4, -0.2) is 35.7 Å². The van der Waals surface area contributed by atoms with Gasteiger partial charge in [0.25, 0.3) is 0 Å². The summed E-state index contributed by atoms with van der Waals surface area (Å²) in [5.74, 6) is 1.41. The highest BCUT2D eigenvalue weighted by Crippen LogP contribution is 2.13. The molecule has 2 rings (SSSR count). The van der Waals surface area contributed by atoms with Gasteiger partial charge in [-0.1, -0.05) is 29.4 Å². The highest BCUT2D eigenvalue weighted by atomic mass is 16.5. The molecule has 0 bridgehead atoms. The summed E-state index contributed by atoms with van der Waals surface area (Å²) in [5.41, 5.74) is 7.99. The third-order valence-electron chi connectivity index (χ3n) is 2.97. The van der Waals surface area contributed by atoms with Gasteiger partial charge in [0.1, 0.15) is 0 Å². The van der Waals surface area contributed by atoms with E-state index < -0.39 is 0 Å². The molecular weight excluding hydrogens is 240 g/mol. The second-order valence-corrected chi connectivity index (χ2v) is 4.81. The molecule has 0 spiro atoms. The molecule has 5 heteroatoms. The number of hydrogen-bond acceptors (Lipinski definition) is 5. The van der Waals surface area contributed by atoms with Crippen molar-refractivity contribution in [1.29, 1.82) is 0 Å². The summed E-state index contributed by atoms with van der Waals surface area (Å²) in [5, 5.41) is 4.00. The van der Waals surface area contributed by atoms with E-state index in [-0.39, 0.29) is 0 Å². The molecule has 0 saturated heterocycles. The quantitative estimate of drug-likeness (QED) is 0.846. The van der Waals surface area contributed by atoms with Crippen LogP contribution < -0.4 is 5.73 Å². The molecule has 0 fully saturated rings. The van der Waals surface area contributed by atoms with Crippen molar-refractivity contribution in [2.45, 2.75) is 19.4 Å². The first-order valence-electron chi connectivity index (χ1n) is 6.42. The molecular formula is C14H20N4O. The molecule has 0 radical (unpaired) electrons. The summed E-state index contributed by atoms with van der Waals surface area (Å²) < 4.78 is 5.28. The molecule has 0 aliphatic heterocycles. The first-order valence-corrected chi connectivity index (χ1v) is 6.42. The van der Waals surface area contributed by atoms with Gasteiger partial charge in [-0.15, -0.1) is 0 Å². The molecule has 0 aliphatic rings. The molecule has 2 aromatic rings. The van der Waals surface area contributed by atoms with E-state index in [1.165, 1.54) is 0 Å². The van der Waals surface area contributed by atoms with Crippen molar-refractivity contribution in [3.05, 3.63) is 47.1 Å². The van der Waals surface area contributed by atoms with Gasteiger partial charge in [-0.2, -0.15) is 4.98 Å². The zero-order valence-electron chi connectivity index (χ0n) is 11.5. The lowest BCUT2D eigenvalue weighted by molar-refractivity contribution is 0.370. The Morgan fingerprint density at radius 1 is 1.21 bits per heavy atom. The molecule has 0 unspecified atom stereocenters. The second kappa shape index (κ2) is 6.45. The smallest absolute Gasteiger partial charge is 0.231 e. The van der Waals surface area contributed by atoms with Crippen LogP contribution in [0.25, 0.3) is 0 Å². The lowest BCUT2D eigenvalue weighted by Gasteiger charge is -2.05. The Balaban J connectivity index is 2.03. The van der Waals surface area contributed by atoms with E-state index in [1.54, 1.807) is 0 Å². The van der Waals surface area contributed by atoms with Crippen LogP contribution in [0, 0.1) is 0 Å². The van der Waals surface area contributed by atoms with Gasteiger partial charge >= 0.3 is 0 Å². The Bertz CT molecular complexity index is 522. The number of likely N-dealkylation sites (N-methyl/N-ethyl adjacent to an activating group) is 1. The summed E-state index contributed by atoms with van der Waals surface area (Å²) in [4.78, 5) is 6.50. The molecule has 0 saturated carbocycles. The second-order valence-electron chi connectivity index (χ2n) is 4.81. The van der Waals surface area contributed by atoms with Crippen molar-refractivity contribution >= 4 is 0 Å². The predicted molar refractivity (Wildman–Crippen MR) is 73.7 cm³/mol. The number of aromatic nitrogens is 2. The van der Waals surface area contributed by atoms with Crippen LogP contribution in [0.3, 0.4) is 0 Å². The van der Waals surface area contributed by atoms with Gasteiger partial charge in [0.2, 0.25) is 5.89 Å². The normalized spacial score (nSPS) is 11.2. The molecule has 19 heavy (non-hydrogen) atoms. The fraction of sp³-hybridized carbons (Fsp3) is 0.429. The average molecular weight is 260 g/mol. The summed E-state index contributed by atoms with van der Waals surface area (Å²) in [6.07, 6.45) is 1.44. The minimum atomic E-state index is 0.526. The van der Waals surface area contributed by atoms with Crippen molar-refractivity contribution in [3.8, 4) is 0 Å². The number of rotatable bonds is 6. The van der Waals surface area contributed by atoms with Gasteiger partial charge in [-0.25, -0.2) is 0 Å². The van der Waals surface area contributed by atoms with Crippen molar-refractivity contribution in [2.75, 3.05) is 20.6 Å². The van der Waals surface area contributed by atoms with E-state index in [0.29, 0.717) is 18.9 Å². The summed E-state index contributed by atoms with van der Waals surface area (Å²) in [7, 11) is 4.05. The molecule has 1 heterocycles. The Hall–Kier alpha value is -1.72. The standard InChI is InChI=1S/C14H20N4O/c1-18(2)8-7-13-16-14(19-17-13)9-11-5-3-4-6-12(11)10-15/h3-6H,7-10,15H2,1-2H3. The maximum atomic E-state index is 5.72. The van der Waals surface area contributed by atoms with Crippen LogP contribution in [-0.2, 0) is 19.4 Å². The fourth-order valence-electron chi connectivity index (χ4n) is 1.88. The lowest BCUT2D eigenvalue weighted by atomic mass is 10.0. The maximum absolute atomic E-state index is 5.72. The first-order chi connectivity index (χ1) is 9.19. The van der Waals surface area contributed by atoms with E-state index in [4.69, 9.17) is 10.3 Å². The van der Waals surface area contributed by atoms with Gasteiger partial charge in [-0.05, 0) is 25.2 Å². The molecule has 0 aliphatic carbocycles. The van der Waals surface area contributed by atoms with Gasteiger partial charge < -0.3 is 15.2 Å². The largest absolute Gasteiger partial charge is 0.339 e. The number of nitrogens with zero attached hydrogens (tertiary/aromatic N) is 3. The molecule has 0 amide bonds. The fourth-order valence-corrected chi connectivity index (χ4v) is 1.88. The topological polar surface area (TPSA) is 68.2 Å². The predicted octanol–water partition coefficient (Wildman–Crippen LogP) is 1.22. The molecule has 1 aromatic heterocycles. The average Bonchev–Trinajstić information content (AvgIpc) is 2.85. The van der Waals surface area contributed by atoms with Crippen LogP contribution in [0.4, 0.5) is 0 Å². The monoisotopic (exact) mass is 260 g/mol. The lowest BCUT2D eigenvalue weighted by Crippen LogP contribution is -2.15. The Morgan fingerprint density at radius 3 is 2.63 bits per heavy atom. The van der Waals surface area contributed by atoms with Crippen molar-refractivity contribution in [1.82, 2.24) is 15.0 Å². The first kappa shape index (κ1) is 13.7. The Morgan fingerprint density at radius 2 is 1.95 bits per heavy atom. The van der Waals surface area contributed by atoms with Crippen molar-refractivity contribution in [2.24, 2.45) is 5.73 Å². The SMILES string of the molecule is CN(C)CCc1noc(Cc2ccccc2CN)n1. The number of benzene rings is 1. The molecule has 0 atom stereocenters. The minimum Gasteiger partial charge on any atom is -0.339 e. The number of hydrogen-bond donors (Lipinski definition) is 1.